The fourth-order valence-corrected chi connectivity index (χ4v) is 2.19. The molecule has 1 aromatic rings. The van der Waals surface area contributed by atoms with Crippen LogP contribution in [0.3, 0.4) is 0 Å². The van der Waals surface area contributed by atoms with E-state index in [9.17, 15) is 5.11 Å². The van der Waals surface area contributed by atoms with Gasteiger partial charge in [-0.05, 0) is 52.3 Å². The average Bonchev–Trinajstić information content (AvgIpc) is 2.23. The third kappa shape index (κ3) is 6.12. The maximum Gasteiger partial charge on any atom is 0.0765 e. The molecule has 1 rings (SSSR count). The molecule has 0 aliphatic carbocycles. The third-order valence-corrected chi connectivity index (χ3v) is 3.26. The Labute approximate surface area is 127 Å². The van der Waals surface area contributed by atoms with Gasteiger partial charge < -0.3 is 15.3 Å². The number of halogens is 1. The molecule has 2 N–H and O–H groups in total. The van der Waals surface area contributed by atoms with Gasteiger partial charge in [0, 0.05) is 36.4 Å². The van der Waals surface area contributed by atoms with Crippen LogP contribution in [0.15, 0.2) is 18.2 Å². The molecule has 0 saturated heterocycles. The maximum atomic E-state index is 9.86. The highest BCUT2D eigenvalue weighted by atomic mass is 35.5. The fourth-order valence-electron chi connectivity index (χ4n) is 1.95. The molecular weight excluding hydrogens is 272 g/mol. The Morgan fingerprint density at radius 3 is 2.25 bits per heavy atom. The zero-order chi connectivity index (χ0) is 15.6. The van der Waals surface area contributed by atoms with Crippen molar-refractivity contribution in [2.75, 3.05) is 18.5 Å². The minimum atomic E-state index is -0.728. The van der Waals surface area contributed by atoms with Gasteiger partial charge in [0.25, 0.3) is 0 Å². The van der Waals surface area contributed by atoms with Crippen molar-refractivity contribution in [3.8, 4) is 0 Å². The molecule has 0 heterocycles. The van der Waals surface area contributed by atoms with Crippen molar-refractivity contribution >= 4 is 17.3 Å². The first-order chi connectivity index (χ1) is 8.98. The summed E-state index contributed by atoms with van der Waals surface area (Å²) in [5.41, 5.74) is 1.44. The lowest BCUT2D eigenvalue weighted by Gasteiger charge is -2.28. The summed E-state index contributed by atoms with van der Waals surface area (Å²) in [5.74, 6) is 0. The first-order valence-corrected chi connectivity index (χ1v) is 7.33. The van der Waals surface area contributed by atoms with E-state index >= 15 is 0 Å². The average molecular weight is 299 g/mol. The highest BCUT2D eigenvalue weighted by Crippen LogP contribution is 2.24. The molecule has 20 heavy (non-hydrogen) atoms. The Kier molecular flexibility index (Phi) is 5.47. The minimum Gasteiger partial charge on any atom is -0.389 e. The normalized spacial score (nSPS) is 12.6. The number of likely N-dealkylation sites (N-methyl/N-ethyl adjacent to an activating group) is 1. The van der Waals surface area contributed by atoms with E-state index in [1.807, 2.05) is 30.1 Å². The van der Waals surface area contributed by atoms with Crippen molar-refractivity contribution in [3.05, 3.63) is 28.8 Å². The minimum absolute atomic E-state index is 0.0692. The van der Waals surface area contributed by atoms with Crippen LogP contribution < -0.4 is 10.2 Å². The van der Waals surface area contributed by atoms with E-state index in [-0.39, 0.29) is 5.54 Å². The smallest absolute Gasteiger partial charge is 0.0765 e. The molecule has 0 unspecified atom stereocenters. The van der Waals surface area contributed by atoms with E-state index in [4.69, 9.17) is 11.6 Å². The van der Waals surface area contributed by atoms with E-state index < -0.39 is 5.60 Å². The number of hydrogen-bond acceptors (Lipinski definition) is 3. The molecule has 0 amide bonds. The maximum absolute atomic E-state index is 9.86. The molecule has 0 bridgehead atoms. The summed E-state index contributed by atoms with van der Waals surface area (Å²) in [6.07, 6.45) is 0. The van der Waals surface area contributed by atoms with Crippen LogP contribution in [0.25, 0.3) is 0 Å². The second-order valence-electron chi connectivity index (χ2n) is 7.05. The van der Waals surface area contributed by atoms with Gasteiger partial charge in [0.2, 0.25) is 0 Å². The number of hydrogen-bond donors (Lipinski definition) is 2. The van der Waals surface area contributed by atoms with Crippen molar-refractivity contribution in [1.29, 1.82) is 0 Å². The molecule has 3 nitrogen and oxygen atoms in total. The Bertz CT molecular complexity index is 447. The van der Waals surface area contributed by atoms with Gasteiger partial charge in [0.05, 0.1) is 5.60 Å². The quantitative estimate of drug-likeness (QED) is 0.874. The van der Waals surface area contributed by atoms with Crippen molar-refractivity contribution in [2.45, 2.75) is 52.3 Å². The van der Waals surface area contributed by atoms with E-state index in [0.29, 0.717) is 6.54 Å². The third-order valence-electron chi connectivity index (χ3n) is 2.91. The summed E-state index contributed by atoms with van der Waals surface area (Å²) in [5, 5.41) is 14.0. The van der Waals surface area contributed by atoms with Gasteiger partial charge in [-0.3, -0.25) is 0 Å². The fraction of sp³-hybridized carbons (Fsp3) is 0.625. The van der Waals surface area contributed by atoms with Gasteiger partial charge in [-0.15, -0.1) is 0 Å². The lowest BCUT2D eigenvalue weighted by molar-refractivity contribution is 0.0886. The number of nitrogens with one attached hydrogen (secondary N) is 1. The zero-order valence-electron chi connectivity index (χ0n) is 13.4. The van der Waals surface area contributed by atoms with Gasteiger partial charge in [-0.25, -0.2) is 0 Å². The highest BCUT2D eigenvalue weighted by molar-refractivity contribution is 6.31. The van der Waals surface area contributed by atoms with E-state index in [0.717, 1.165) is 22.8 Å². The second-order valence-corrected chi connectivity index (χ2v) is 7.45. The topological polar surface area (TPSA) is 35.5 Å². The van der Waals surface area contributed by atoms with Crippen LogP contribution in [0.1, 0.15) is 40.2 Å². The Morgan fingerprint density at radius 2 is 1.80 bits per heavy atom. The van der Waals surface area contributed by atoms with Gasteiger partial charge in [0.15, 0.2) is 0 Å². The van der Waals surface area contributed by atoms with Gasteiger partial charge in [-0.2, -0.15) is 0 Å². The van der Waals surface area contributed by atoms with Gasteiger partial charge in [-0.1, -0.05) is 17.7 Å². The van der Waals surface area contributed by atoms with Crippen molar-refractivity contribution in [2.24, 2.45) is 0 Å². The lowest BCUT2D eigenvalue weighted by Crippen LogP contribution is -2.36. The van der Waals surface area contributed by atoms with E-state index in [1.165, 1.54) is 0 Å². The molecule has 0 saturated carbocycles. The Hall–Kier alpha value is -0.770. The first kappa shape index (κ1) is 17.3. The number of benzene rings is 1. The predicted molar refractivity (Wildman–Crippen MR) is 87.6 cm³/mol. The highest BCUT2D eigenvalue weighted by Gasteiger charge is 2.17. The van der Waals surface area contributed by atoms with Crippen molar-refractivity contribution in [3.63, 3.8) is 0 Å². The van der Waals surface area contributed by atoms with Gasteiger partial charge in [0.1, 0.15) is 0 Å². The summed E-state index contributed by atoms with van der Waals surface area (Å²) < 4.78 is 0. The molecule has 114 valence electrons. The second kappa shape index (κ2) is 6.33. The number of nitrogens with zero attached hydrogens (tertiary/aromatic N) is 1. The van der Waals surface area contributed by atoms with Crippen LogP contribution in [0, 0.1) is 0 Å². The molecule has 0 radical (unpaired) electrons. The van der Waals surface area contributed by atoms with Crippen LogP contribution in [0.5, 0.6) is 0 Å². The van der Waals surface area contributed by atoms with Crippen LogP contribution >= 0.6 is 11.6 Å². The van der Waals surface area contributed by atoms with Crippen LogP contribution in [-0.4, -0.2) is 29.8 Å². The number of anilines is 1. The molecule has 0 spiro atoms. The predicted octanol–water partition coefficient (Wildman–Crippen LogP) is 3.44. The first-order valence-electron chi connectivity index (χ1n) is 6.95. The Balaban J connectivity index is 2.77. The summed E-state index contributed by atoms with van der Waals surface area (Å²) in [6.45, 7) is 11.3. The summed E-state index contributed by atoms with van der Waals surface area (Å²) in [7, 11) is 1.96. The van der Waals surface area contributed by atoms with Gasteiger partial charge >= 0.3 is 0 Å². The molecule has 4 heteroatoms. The Morgan fingerprint density at radius 1 is 1.20 bits per heavy atom. The summed E-state index contributed by atoms with van der Waals surface area (Å²) >= 11 is 6.34. The lowest BCUT2D eigenvalue weighted by atomic mass is 10.1. The van der Waals surface area contributed by atoms with Crippen LogP contribution in [0.4, 0.5) is 5.69 Å². The van der Waals surface area contributed by atoms with Crippen molar-refractivity contribution in [1.82, 2.24) is 5.32 Å². The summed E-state index contributed by atoms with van der Waals surface area (Å²) in [6, 6.07) is 6.03. The standard InChI is InChI=1S/C16H27ClN2O/c1-15(2,3)18-10-12-7-8-13(9-14(12)17)19(6)11-16(4,5)20/h7-9,18,20H,10-11H2,1-6H3. The van der Waals surface area contributed by atoms with Crippen LogP contribution in [-0.2, 0) is 6.54 Å². The molecule has 0 aliphatic heterocycles. The number of rotatable bonds is 5. The number of aliphatic hydroxyl groups is 1. The van der Waals surface area contributed by atoms with Crippen molar-refractivity contribution < 1.29 is 5.11 Å². The molecule has 1 aromatic carbocycles. The molecule has 0 fully saturated rings. The SMILES string of the molecule is CN(CC(C)(C)O)c1ccc(CNC(C)(C)C)c(Cl)c1. The molecule has 0 aliphatic rings. The monoisotopic (exact) mass is 298 g/mol. The van der Waals surface area contributed by atoms with E-state index in [1.54, 1.807) is 13.8 Å². The zero-order valence-corrected chi connectivity index (χ0v) is 14.2. The molecule has 0 atom stereocenters. The summed E-state index contributed by atoms with van der Waals surface area (Å²) in [4.78, 5) is 2.01. The van der Waals surface area contributed by atoms with E-state index in [2.05, 4.69) is 26.1 Å². The van der Waals surface area contributed by atoms with Crippen LogP contribution in [0.2, 0.25) is 5.02 Å². The molecular formula is C16H27ClN2O. The molecule has 0 aromatic heterocycles. The largest absolute Gasteiger partial charge is 0.389 e.